The third-order valence-electron chi connectivity index (χ3n) is 4.92. The van der Waals surface area contributed by atoms with Gasteiger partial charge in [-0.15, -0.1) is 11.8 Å². The zero-order chi connectivity index (χ0) is 20.1. The zero-order valence-corrected chi connectivity index (χ0v) is 18.3. The molecule has 0 radical (unpaired) electrons. The summed E-state index contributed by atoms with van der Waals surface area (Å²) in [5.74, 6) is 0.850. The van der Waals surface area contributed by atoms with Crippen LogP contribution in [0.15, 0.2) is 46.6 Å². The molecule has 0 aromatic carbocycles. The Kier molecular flexibility index (Phi) is 6.88. The van der Waals surface area contributed by atoms with E-state index in [4.69, 9.17) is 0 Å². The van der Waals surface area contributed by atoms with Gasteiger partial charge in [0.2, 0.25) is 0 Å². The van der Waals surface area contributed by atoms with Crippen LogP contribution in [0.5, 0.6) is 0 Å². The molecule has 150 valence electrons. The molecule has 2 aromatic rings. The second kappa shape index (κ2) is 9.18. The Labute approximate surface area is 175 Å². The minimum Gasteiger partial charge on any atom is -0.294 e. The highest BCUT2D eigenvalue weighted by Crippen LogP contribution is 2.34. The topological polar surface area (TPSA) is 54.7 Å². The first-order valence-electron chi connectivity index (χ1n) is 9.70. The number of thioether (sulfide) groups is 2. The number of hydrogen-bond donors (Lipinski definition) is 0. The number of imidazole rings is 1. The molecule has 1 saturated heterocycles. The van der Waals surface area contributed by atoms with Crippen molar-refractivity contribution in [2.24, 2.45) is 5.41 Å². The lowest BCUT2D eigenvalue weighted by atomic mass is 9.86. The Morgan fingerprint density at radius 3 is 2.86 bits per heavy atom. The van der Waals surface area contributed by atoms with E-state index in [0.717, 1.165) is 48.8 Å². The zero-order valence-electron chi connectivity index (χ0n) is 16.7. The van der Waals surface area contributed by atoms with Crippen molar-refractivity contribution in [3.8, 4) is 0 Å². The van der Waals surface area contributed by atoms with Crippen molar-refractivity contribution in [3.05, 3.63) is 41.6 Å². The maximum Gasteiger partial charge on any atom is 0.293 e. The highest BCUT2D eigenvalue weighted by Gasteiger charge is 2.35. The van der Waals surface area contributed by atoms with Crippen LogP contribution in [0.4, 0.5) is 4.79 Å². The molecule has 1 aliphatic heterocycles. The number of imide groups is 1. The van der Waals surface area contributed by atoms with Gasteiger partial charge in [0.15, 0.2) is 0 Å². The largest absolute Gasteiger partial charge is 0.294 e. The number of rotatable bonds is 9. The van der Waals surface area contributed by atoms with Crippen molar-refractivity contribution < 1.29 is 9.59 Å². The molecule has 0 saturated carbocycles. The molecule has 2 aromatic heterocycles. The summed E-state index contributed by atoms with van der Waals surface area (Å²) in [6, 6.07) is 6.14. The summed E-state index contributed by atoms with van der Waals surface area (Å²) in [4.78, 5) is 31.0. The van der Waals surface area contributed by atoms with Crippen molar-refractivity contribution >= 4 is 40.3 Å². The summed E-state index contributed by atoms with van der Waals surface area (Å²) >= 11 is 2.89. The van der Waals surface area contributed by atoms with Crippen LogP contribution in [0.25, 0.3) is 5.65 Å². The molecule has 5 nitrogen and oxygen atoms in total. The van der Waals surface area contributed by atoms with Gasteiger partial charge < -0.3 is 0 Å². The van der Waals surface area contributed by atoms with Crippen molar-refractivity contribution in [1.82, 2.24) is 14.3 Å². The number of nitrogens with zero attached hydrogens (tertiary/aromatic N) is 3. The Morgan fingerprint density at radius 2 is 2.07 bits per heavy atom. The van der Waals surface area contributed by atoms with Gasteiger partial charge in [0, 0.05) is 18.9 Å². The quantitative estimate of drug-likeness (QED) is 0.392. The minimum atomic E-state index is -0.135. The van der Waals surface area contributed by atoms with Gasteiger partial charge in [-0.2, -0.15) is 0 Å². The fraction of sp³-hybridized carbons (Fsp3) is 0.476. The minimum absolute atomic E-state index is 0.0525. The number of fused-ring (bicyclic) bond motifs is 1. The molecule has 3 heterocycles. The molecule has 7 heteroatoms. The fourth-order valence-corrected chi connectivity index (χ4v) is 5.22. The maximum atomic E-state index is 12.4. The molecule has 0 spiro atoms. The number of carbonyl (C=O) groups is 2. The van der Waals surface area contributed by atoms with Crippen LogP contribution in [-0.4, -0.2) is 37.7 Å². The average molecular weight is 418 g/mol. The molecule has 2 amide bonds. The van der Waals surface area contributed by atoms with Gasteiger partial charge in [0.25, 0.3) is 11.1 Å². The molecule has 3 rings (SSSR count). The van der Waals surface area contributed by atoms with E-state index in [0.29, 0.717) is 11.4 Å². The van der Waals surface area contributed by atoms with Crippen molar-refractivity contribution in [1.29, 1.82) is 0 Å². The first kappa shape index (κ1) is 21.0. The van der Waals surface area contributed by atoms with Gasteiger partial charge in [-0.3, -0.25) is 18.9 Å². The SMILES string of the molecule is CCCC=C1SC(=O)N(CCC(C)(C)CCSc2cccc3nccn23)C1=O. The molecule has 1 aliphatic rings. The lowest BCUT2D eigenvalue weighted by Crippen LogP contribution is -2.32. The molecule has 0 N–H and O–H groups in total. The van der Waals surface area contributed by atoms with E-state index in [1.165, 1.54) is 9.93 Å². The molecule has 0 bridgehead atoms. The van der Waals surface area contributed by atoms with Crippen LogP contribution in [0.3, 0.4) is 0 Å². The fourth-order valence-electron chi connectivity index (χ4n) is 3.02. The van der Waals surface area contributed by atoms with Crippen LogP contribution >= 0.6 is 23.5 Å². The van der Waals surface area contributed by atoms with Crippen LogP contribution in [0.2, 0.25) is 0 Å². The highest BCUT2D eigenvalue weighted by atomic mass is 32.2. The molecule has 0 unspecified atom stereocenters. The van der Waals surface area contributed by atoms with E-state index in [1.807, 2.05) is 42.4 Å². The number of allylic oxidation sites excluding steroid dienone is 1. The third-order valence-corrected chi connectivity index (χ3v) is 6.92. The van der Waals surface area contributed by atoms with Gasteiger partial charge in [0.05, 0.1) is 9.93 Å². The van der Waals surface area contributed by atoms with Gasteiger partial charge in [-0.05, 0) is 54.3 Å². The van der Waals surface area contributed by atoms with Gasteiger partial charge in [0.1, 0.15) is 5.65 Å². The van der Waals surface area contributed by atoms with Crippen LogP contribution < -0.4 is 0 Å². The monoisotopic (exact) mass is 417 g/mol. The van der Waals surface area contributed by atoms with Gasteiger partial charge >= 0.3 is 0 Å². The second-order valence-electron chi connectivity index (χ2n) is 7.71. The van der Waals surface area contributed by atoms with Crippen molar-refractivity contribution in [2.45, 2.75) is 51.5 Å². The summed E-state index contributed by atoms with van der Waals surface area (Å²) < 4.78 is 2.10. The summed E-state index contributed by atoms with van der Waals surface area (Å²) in [5.41, 5.74) is 1.01. The number of amides is 2. The van der Waals surface area contributed by atoms with Crippen LogP contribution in [0.1, 0.15) is 46.5 Å². The Morgan fingerprint density at radius 1 is 1.25 bits per heavy atom. The van der Waals surface area contributed by atoms with Crippen LogP contribution in [-0.2, 0) is 4.79 Å². The predicted molar refractivity (Wildman–Crippen MR) is 117 cm³/mol. The molecule has 0 aliphatic carbocycles. The summed E-state index contributed by atoms with van der Waals surface area (Å²) in [6.45, 7) is 6.96. The third kappa shape index (κ3) is 5.00. The Balaban J connectivity index is 1.51. The summed E-state index contributed by atoms with van der Waals surface area (Å²) in [5, 5.41) is 1.04. The maximum absolute atomic E-state index is 12.4. The average Bonchev–Trinajstić information content (AvgIpc) is 3.23. The number of aromatic nitrogens is 2. The molecular formula is C21H27N3O2S2. The van der Waals surface area contributed by atoms with E-state index in [-0.39, 0.29) is 16.6 Å². The molecule has 28 heavy (non-hydrogen) atoms. The van der Waals surface area contributed by atoms with E-state index in [9.17, 15) is 9.59 Å². The summed E-state index contributed by atoms with van der Waals surface area (Å²) in [7, 11) is 0. The first-order valence-corrected chi connectivity index (χ1v) is 11.5. The van der Waals surface area contributed by atoms with Crippen LogP contribution in [0, 0.1) is 5.41 Å². The standard InChI is InChI=1S/C21H27N3O2S2/c1-4-5-7-16-19(25)24(20(26)28-16)13-10-21(2,3)11-15-27-18-9-6-8-17-22-12-14-23(17)18/h6-9,12,14H,4-5,10-11,13,15H2,1-3H3. The number of unbranched alkanes of at least 4 members (excludes halogenated alkanes) is 1. The van der Waals surface area contributed by atoms with Crippen molar-refractivity contribution in [3.63, 3.8) is 0 Å². The van der Waals surface area contributed by atoms with E-state index >= 15 is 0 Å². The number of pyridine rings is 1. The lowest BCUT2D eigenvalue weighted by Gasteiger charge is -2.26. The van der Waals surface area contributed by atoms with Gasteiger partial charge in [-0.1, -0.05) is 39.3 Å². The molecular weight excluding hydrogens is 390 g/mol. The van der Waals surface area contributed by atoms with E-state index < -0.39 is 0 Å². The van der Waals surface area contributed by atoms with E-state index in [2.05, 4.69) is 36.2 Å². The van der Waals surface area contributed by atoms with E-state index in [1.54, 1.807) is 0 Å². The van der Waals surface area contributed by atoms with Gasteiger partial charge in [-0.25, -0.2) is 4.98 Å². The van der Waals surface area contributed by atoms with Crippen molar-refractivity contribution in [2.75, 3.05) is 12.3 Å². The highest BCUT2D eigenvalue weighted by molar-refractivity contribution is 8.18. The number of carbonyl (C=O) groups excluding carboxylic acids is 2. The molecule has 1 fully saturated rings. The predicted octanol–water partition coefficient (Wildman–Crippen LogP) is 5.61. The second-order valence-corrected chi connectivity index (χ2v) is 9.82. The Bertz CT molecular complexity index is 889. The summed E-state index contributed by atoms with van der Waals surface area (Å²) in [6.07, 6.45) is 9.31. The lowest BCUT2D eigenvalue weighted by molar-refractivity contribution is -0.123. The number of hydrogen-bond acceptors (Lipinski definition) is 5. The first-order chi connectivity index (χ1) is 13.4. The Hall–Kier alpha value is -1.73. The normalized spacial score (nSPS) is 16.7. The smallest absolute Gasteiger partial charge is 0.293 e. The molecule has 0 atom stereocenters.